The molecule has 0 amide bonds. The van der Waals surface area contributed by atoms with Crippen LogP contribution < -0.4 is 4.74 Å². The lowest BCUT2D eigenvalue weighted by atomic mass is 10.1. The predicted octanol–water partition coefficient (Wildman–Crippen LogP) is 4.34. The molecule has 0 aliphatic carbocycles. The first-order valence-corrected chi connectivity index (χ1v) is 8.59. The van der Waals surface area contributed by atoms with Gasteiger partial charge < -0.3 is 4.74 Å². The van der Waals surface area contributed by atoms with Crippen molar-refractivity contribution in [1.29, 1.82) is 0 Å². The number of benzene rings is 2. The van der Waals surface area contributed by atoms with Gasteiger partial charge >= 0.3 is 0 Å². The molecule has 0 aliphatic heterocycles. The lowest BCUT2D eigenvalue weighted by Crippen LogP contribution is -1.93. The van der Waals surface area contributed by atoms with Crippen molar-refractivity contribution in [3.05, 3.63) is 47.2 Å². The van der Waals surface area contributed by atoms with Gasteiger partial charge in [-0.1, -0.05) is 0 Å². The second-order valence-electron chi connectivity index (χ2n) is 5.91. The molecule has 0 unspecified atom stereocenters. The van der Waals surface area contributed by atoms with E-state index in [9.17, 15) is 4.79 Å². The van der Waals surface area contributed by atoms with Crippen molar-refractivity contribution in [2.24, 2.45) is 0 Å². The highest BCUT2D eigenvalue weighted by molar-refractivity contribution is 7.21. The van der Waals surface area contributed by atoms with Gasteiger partial charge in [0, 0.05) is 11.1 Å². The van der Waals surface area contributed by atoms with Crippen LogP contribution in [0.1, 0.15) is 21.5 Å². The molecule has 2 heterocycles. The third-order valence-electron chi connectivity index (χ3n) is 4.11. The zero-order chi connectivity index (χ0) is 17.6. The van der Waals surface area contributed by atoms with Gasteiger partial charge in [-0.15, -0.1) is 11.3 Å². The summed E-state index contributed by atoms with van der Waals surface area (Å²) in [5, 5.41) is 0.866. The Bertz CT molecular complexity index is 1130. The van der Waals surface area contributed by atoms with Crippen molar-refractivity contribution in [3.8, 4) is 16.5 Å². The number of thiazole rings is 1. The number of nitrogens with zero attached hydrogens (tertiary/aromatic N) is 3. The van der Waals surface area contributed by atoms with Crippen LogP contribution in [0.15, 0.2) is 30.5 Å². The molecule has 0 fully saturated rings. The Morgan fingerprint density at radius 3 is 2.68 bits per heavy atom. The summed E-state index contributed by atoms with van der Waals surface area (Å²) < 4.78 is 6.16. The molecule has 0 aliphatic rings. The summed E-state index contributed by atoms with van der Waals surface area (Å²) in [6, 6.07) is 7.89. The maximum Gasteiger partial charge on any atom is 0.232 e. The molecule has 5 nitrogen and oxygen atoms in total. The summed E-state index contributed by atoms with van der Waals surface area (Å²) in [5.41, 5.74) is 6.10. The van der Waals surface area contributed by atoms with Crippen molar-refractivity contribution in [1.82, 2.24) is 15.0 Å². The number of aryl methyl sites for hydroxylation is 2. The molecular weight excluding hydrogens is 334 g/mol. The van der Waals surface area contributed by atoms with E-state index >= 15 is 0 Å². The van der Waals surface area contributed by atoms with Crippen LogP contribution in [-0.4, -0.2) is 28.3 Å². The van der Waals surface area contributed by atoms with E-state index in [2.05, 4.69) is 16.0 Å². The molecular formula is C19H15N3O2S. The maximum absolute atomic E-state index is 11.2. The molecule has 2 aromatic heterocycles. The molecule has 124 valence electrons. The number of methoxy groups -OCH3 is 1. The smallest absolute Gasteiger partial charge is 0.232 e. The van der Waals surface area contributed by atoms with Crippen LogP contribution in [0.5, 0.6) is 5.88 Å². The maximum atomic E-state index is 11.2. The number of carbonyl (C=O) groups excluding carboxylic acids is 1. The second-order valence-corrected chi connectivity index (χ2v) is 6.94. The fourth-order valence-corrected chi connectivity index (χ4v) is 3.86. The van der Waals surface area contributed by atoms with Gasteiger partial charge in [-0.25, -0.2) is 15.0 Å². The van der Waals surface area contributed by atoms with Gasteiger partial charge in [-0.2, -0.15) is 0 Å². The van der Waals surface area contributed by atoms with Crippen LogP contribution in [0.25, 0.3) is 31.8 Å². The Hall–Kier alpha value is -2.86. The monoisotopic (exact) mass is 349 g/mol. The van der Waals surface area contributed by atoms with E-state index < -0.39 is 0 Å². The number of hydrogen-bond acceptors (Lipinski definition) is 6. The molecule has 0 N–H and O–H groups in total. The molecule has 0 spiro atoms. The fourth-order valence-electron chi connectivity index (χ4n) is 2.85. The summed E-state index contributed by atoms with van der Waals surface area (Å²) in [6.45, 7) is 3.94. The molecule has 0 saturated carbocycles. The predicted molar refractivity (Wildman–Crippen MR) is 99.6 cm³/mol. The molecule has 6 heteroatoms. The standard InChI is InChI=1S/C19H15N3O2S/c1-10-4-13(18-15(5-10)21-17(24-3)8-20-18)19-22-14-6-11(2)12(9-23)7-16(14)25-19/h4-9H,1-3H3. The second kappa shape index (κ2) is 5.89. The lowest BCUT2D eigenvalue weighted by molar-refractivity contribution is 0.112. The van der Waals surface area contributed by atoms with Crippen LogP contribution in [0, 0.1) is 13.8 Å². The number of fused-ring (bicyclic) bond motifs is 2. The summed E-state index contributed by atoms with van der Waals surface area (Å²) in [6.07, 6.45) is 2.50. The molecule has 2 aromatic carbocycles. The van der Waals surface area contributed by atoms with Crippen LogP contribution in [-0.2, 0) is 0 Å². The highest BCUT2D eigenvalue weighted by atomic mass is 32.1. The number of aldehydes is 1. The first kappa shape index (κ1) is 15.7. The molecule has 0 saturated heterocycles. The highest BCUT2D eigenvalue weighted by Crippen LogP contribution is 2.35. The van der Waals surface area contributed by atoms with Crippen LogP contribution in [0.3, 0.4) is 0 Å². The highest BCUT2D eigenvalue weighted by Gasteiger charge is 2.14. The summed E-state index contributed by atoms with van der Waals surface area (Å²) in [4.78, 5) is 24.9. The Kier molecular flexibility index (Phi) is 3.69. The van der Waals surface area contributed by atoms with E-state index in [1.165, 1.54) is 0 Å². The van der Waals surface area contributed by atoms with Crippen molar-refractivity contribution in [3.63, 3.8) is 0 Å². The third-order valence-corrected chi connectivity index (χ3v) is 5.16. The summed E-state index contributed by atoms with van der Waals surface area (Å²) in [5.74, 6) is 0.486. The largest absolute Gasteiger partial charge is 0.480 e. The molecule has 25 heavy (non-hydrogen) atoms. The first-order chi connectivity index (χ1) is 12.1. The number of carbonyl (C=O) groups is 1. The topological polar surface area (TPSA) is 65.0 Å². The van der Waals surface area contributed by atoms with Gasteiger partial charge in [0.25, 0.3) is 0 Å². The molecule has 0 atom stereocenters. The van der Waals surface area contributed by atoms with Crippen molar-refractivity contribution in [2.45, 2.75) is 13.8 Å². The Labute approximate surface area is 148 Å². The quantitative estimate of drug-likeness (QED) is 0.515. The number of hydrogen-bond donors (Lipinski definition) is 0. The van der Waals surface area contributed by atoms with E-state index in [0.29, 0.717) is 11.4 Å². The van der Waals surface area contributed by atoms with Gasteiger partial charge in [-0.05, 0) is 49.2 Å². The van der Waals surface area contributed by atoms with Gasteiger partial charge in [0.2, 0.25) is 5.88 Å². The fraction of sp³-hybridized carbons (Fsp3) is 0.158. The van der Waals surface area contributed by atoms with Crippen LogP contribution in [0.2, 0.25) is 0 Å². The van der Waals surface area contributed by atoms with E-state index in [1.54, 1.807) is 24.6 Å². The summed E-state index contributed by atoms with van der Waals surface area (Å²) in [7, 11) is 1.58. The summed E-state index contributed by atoms with van der Waals surface area (Å²) >= 11 is 1.55. The van der Waals surface area contributed by atoms with E-state index in [4.69, 9.17) is 9.72 Å². The Morgan fingerprint density at radius 2 is 1.92 bits per heavy atom. The normalized spacial score (nSPS) is 11.2. The minimum atomic E-state index is 0.486. The molecule has 4 aromatic rings. The average Bonchev–Trinajstić information content (AvgIpc) is 3.02. The number of ether oxygens (including phenoxy) is 1. The van der Waals surface area contributed by atoms with Crippen LogP contribution in [0.4, 0.5) is 0 Å². The van der Waals surface area contributed by atoms with Crippen molar-refractivity contribution in [2.75, 3.05) is 7.11 Å². The van der Waals surface area contributed by atoms with Gasteiger partial charge in [0.05, 0.1) is 34.6 Å². The van der Waals surface area contributed by atoms with E-state index in [-0.39, 0.29) is 0 Å². The minimum Gasteiger partial charge on any atom is -0.480 e. The molecule has 0 radical (unpaired) electrons. The van der Waals surface area contributed by atoms with Gasteiger partial charge in [0.1, 0.15) is 11.3 Å². The lowest BCUT2D eigenvalue weighted by Gasteiger charge is -2.06. The molecule has 0 bridgehead atoms. The first-order valence-electron chi connectivity index (χ1n) is 7.77. The SMILES string of the molecule is COc1cnc2c(-c3nc4cc(C)c(C=O)cc4s3)cc(C)cc2n1. The average molecular weight is 349 g/mol. The number of rotatable bonds is 3. The zero-order valence-electron chi connectivity index (χ0n) is 14.0. The zero-order valence-corrected chi connectivity index (χ0v) is 14.8. The molecule has 4 rings (SSSR count). The number of aromatic nitrogens is 3. The third kappa shape index (κ3) is 2.64. The Morgan fingerprint density at radius 1 is 1.08 bits per heavy atom. The van der Waals surface area contributed by atoms with Gasteiger partial charge in [0.15, 0.2) is 0 Å². The minimum absolute atomic E-state index is 0.486. The van der Waals surface area contributed by atoms with E-state index in [1.807, 2.05) is 32.0 Å². The Balaban J connectivity index is 1.97. The van der Waals surface area contributed by atoms with Crippen molar-refractivity contribution >= 4 is 38.9 Å². The van der Waals surface area contributed by atoms with E-state index in [0.717, 1.165) is 49.2 Å². The van der Waals surface area contributed by atoms with Crippen molar-refractivity contribution < 1.29 is 9.53 Å². The van der Waals surface area contributed by atoms with Gasteiger partial charge in [-0.3, -0.25) is 4.79 Å². The van der Waals surface area contributed by atoms with Crippen LogP contribution >= 0.6 is 11.3 Å².